The molecule has 4 nitrogen and oxygen atoms in total. The molecule has 0 saturated carbocycles. The van der Waals surface area contributed by atoms with Crippen LogP contribution in [0.15, 0.2) is 0 Å². The molecule has 0 aromatic heterocycles. The highest BCUT2D eigenvalue weighted by molar-refractivity contribution is 5.73. The Morgan fingerprint density at radius 2 is 2.36 bits per heavy atom. The highest BCUT2D eigenvalue weighted by atomic mass is 16.2. The van der Waals surface area contributed by atoms with E-state index in [4.69, 9.17) is 5.26 Å². The van der Waals surface area contributed by atoms with Gasteiger partial charge in [-0.05, 0) is 6.92 Å². The van der Waals surface area contributed by atoms with Crippen LogP contribution in [0.25, 0.3) is 0 Å². The minimum absolute atomic E-state index is 0.122. The average Bonchev–Trinajstić information content (AvgIpc) is 2.03. The minimum atomic E-state index is -0.122. The predicted molar refractivity (Wildman–Crippen MR) is 41.9 cm³/mol. The van der Waals surface area contributed by atoms with Crippen LogP contribution in [0.3, 0.4) is 0 Å². The van der Waals surface area contributed by atoms with Crippen molar-refractivity contribution < 1.29 is 4.79 Å². The molecule has 0 rings (SSSR count). The van der Waals surface area contributed by atoms with Crippen LogP contribution in [0, 0.1) is 11.3 Å². The number of carbonyl (C=O) groups excluding carboxylic acids is 1. The summed E-state index contributed by atoms with van der Waals surface area (Å²) in [6, 6.07) is 1.82. The maximum atomic E-state index is 11.0. The first kappa shape index (κ1) is 9.76. The Morgan fingerprint density at radius 3 is 2.82 bits per heavy atom. The fourth-order valence-electron chi connectivity index (χ4n) is 0.504. The lowest BCUT2D eigenvalue weighted by atomic mass is 10.5. The molecule has 0 aromatic carbocycles. The van der Waals surface area contributed by atoms with Crippen molar-refractivity contribution in [1.82, 2.24) is 10.2 Å². The minimum Gasteiger partial charge on any atom is -0.337 e. The summed E-state index contributed by atoms with van der Waals surface area (Å²) in [4.78, 5) is 12.5. The van der Waals surface area contributed by atoms with Gasteiger partial charge < -0.3 is 10.2 Å². The van der Waals surface area contributed by atoms with Gasteiger partial charge in [-0.3, -0.25) is 0 Å². The summed E-state index contributed by atoms with van der Waals surface area (Å²) in [5.41, 5.74) is 0. The number of nitrogens with zero attached hydrogens (tertiary/aromatic N) is 2. The molecule has 0 aliphatic rings. The lowest BCUT2D eigenvalue weighted by Gasteiger charge is -2.14. The molecular weight excluding hydrogens is 142 g/mol. The molecule has 0 unspecified atom stereocenters. The summed E-state index contributed by atoms with van der Waals surface area (Å²) in [7, 11) is 1.71. The van der Waals surface area contributed by atoms with Gasteiger partial charge in [-0.2, -0.15) is 5.26 Å². The largest absolute Gasteiger partial charge is 0.337 e. The van der Waals surface area contributed by atoms with E-state index in [1.165, 1.54) is 0 Å². The van der Waals surface area contributed by atoms with Gasteiger partial charge >= 0.3 is 6.03 Å². The Balaban J connectivity index is 3.46. The topological polar surface area (TPSA) is 56.1 Å². The number of nitriles is 1. The van der Waals surface area contributed by atoms with Crippen LogP contribution in [-0.2, 0) is 0 Å². The zero-order valence-corrected chi connectivity index (χ0v) is 6.92. The van der Waals surface area contributed by atoms with E-state index in [1.807, 2.05) is 13.0 Å². The Kier molecular flexibility index (Phi) is 4.91. The molecule has 1 N–H and O–H groups in total. The van der Waals surface area contributed by atoms with Gasteiger partial charge in [-0.15, -0.1) is 0 Å². The van der Waals surface area contributed by atoms with Crippen molar-refractivity contribution in [2.75, 3.05) is 20.1 Å². The summed E-state index contributed by atoms with van der Waals surface area (Å²) >= 11 is 0. The van der Waals surface area contributed by atoms with Crippen LogP contribution in [-0.4, -0.2) is 31.1 Å². The normalized spacial score (nSPS) is 8.45. The van der Waals surface area contributed by atoms with Crippen LogP contribution in [0.4, 0.5) is 4.79 Å². The molecule has 0 heterocycles. The molecular formula is C7H13N3O. The summed E-state index contributed by atoms with van der Waals surface area (Å²) in [6.45, 7) is 3.00. The number of hydrogen-bond acceptors (Lipinski definition) is 2. The molecule has 0 bridgehead atoms. The Labute approximate surface area is 66.8 Å². The van der Waals surface area contributed by atoms with Crippen molar-refractivity contribution in [2.45, 2.75) is 13.3 Å². The third-order valence-electron chi connectivity index (χ3n) is 1.33. The zero-order valence-electron chi connectivity index (χ0n) is 6.92. The van der Waals surface area contributed by atoms with Gasteiger partial charge in [0.15, 0.2) is 0 Å². The van der Waals surface area contributed by atoms with E-state index in [0.717, 1.165) is 0 Å². The summed E-state index contributed by atoms with van der Waals surface area (Å²) in [6.07, 6.45) is 0.364. The molecule has 62 valence electrons. The second kappa shape index (κ2) is 5.54. The third-order valence-corrected chi connectivity index (χ3v) is 1.33. The van der Waals surface area contributed by atoms with Crippen LogP contribution in [0.2, 0.25) is 0 Å². The summed E-state index contributed by atoms with van der Waals surface area (Å²) in [5.74, 6) is 0. The number of nitrogens with one attached hydrogen (secondary N) is 1. The number of rotatable bonds is 3. The maximum absolute atomic E-state index is 11.0. The molecule has 0 radical (unpaired) electrons. The number of amides is 2. The maximum Gasteiger partial charge on any atom is 0.317 e. The van der Waals surface area contributed by atoms with Crippen molar-refractivity contribution >= 4 is 6.03 Å². The summed E-state index contributed by atoms with van der Waals surface area (Å²) < 4.78 is 0. The number of carbonyl (C=O) groups is 1. The van der Waals surface area contributed by atoms with Crippen LogP contribution >= 0.6 is 0 Å². The van der Waals surface area contributed by atoms with Gasteiger partial charge in [0.25, 0.3) is 0 Å². The highest BCUT2D eigenvalue weighted by Crippen LogP contribution is 1.82. The highest BCUT2D eigenvalue weighted by Gasteiger charge is 2.02. The van der Waals surface area contributed by atoms with Crippen molar-refractivity contribution in [3.8, 4) is 6.07 Å². The molecule has 0 fully saturated rings. The second-order valence-electron chi connectivity index (χ2n) is 2.15. The van der Waals surface area contributed by atoms with Crippen LogP contribution < -0.4 is 5.32 Å². The lowest BCUT2D eigenvalue weighted by molar-refractivity contribution is 0.211. The van der Waals surface area contributed by atoms with Crippen molar-refractivity contribution in [1.29, 1.82) is 5.26 Å². The first-order valence-corrected chi connectivity index (χ1v) is 3.58. The third kappa shape index (κ3) is 4.20. The smallest absolute Gasteiger partial charge is 0.317 e. The van der Waals surface area contributed by atoms with Gasteiger partial charge in [0.2, 0.25) is 0 Å². The average molecular weight is 155 g/mol. The van der Waals surface area contributed by atoms with Crippen LogP contribution in [0.5, 0.6) is 0 Å². The van der Waals surface area contributed by atoms with E-state index in [0.29, 0.717) is 19.5 Å². The number of urea groups is 1. The van der Waals surface area contributed by atoms with E-state index in [-0.39, 0.29) is 6.03 Å². The quantitative estimate of drug-likeness (QED) is 0.605. The molecule has 0 saturated heterocycles. The summed E-state index contributed by atoms with van der Waals surface area (Å²) in [5, 5.41) is 10.8. The Hall–Kier alpha value is -1.24. The molecule has 11 heavy (non-hydrogen) atoms. The Bertz CT molecular complexity index is 162. The fourth-order valence-corrected chi connectivity index (χ4v) is 0.504. The number of hydrogen-bond donors (Lipinski definition) is 1. The molecule has 4 heteroatoms. The van der Waals surface area contributed by atoms with Gasteiger partial charge in [0.1, 0.15) is 0 Å². The van der Waals surface area contributed by atoms with E-state index in [9.17, 15) is 4.79 Å². The lowest BCUT2D eigenvalue weighted by Crippen LogP contribution is -2.37. The first-order chi connectivity index (χ1) is 5.22. The fraction of sp³-hybridized carbons (Fsp3) is 0.714. The van der Waals surface area contributed by atoms with E-state index in [2.05, 4.69) is 5.32 Å². The first-order valence-electron chi connectivity index (χ1n) is 3.58. The van der Waals surface area contributed by atoms with Crippen molar-refractivity contribution in [2.24, 2.45) is 0 Å². The predicted octanol–water partition coefficient (Wildman–Crippen LogP) is 0.561. The monoisotopic (exact) mass is 155 g/mol. The van der Waals surface area contributed by atoms with Crippen molar-refractivity contribution in [3.63, 3.8) is 0 Å². The molecule has 0 aliphatic carbocycles. The zero-order chi connectivity index (χ0) is 8.69. The molecule has 0 atom stereocenters. The molecule has 2 amide bonds. The van der Waals surface area contributed by atoms with Crippen molar-refractivity contribution in [3.05, 3.63) is 0 Å². The van der Waals surface area contributed by atoms with Gasteiger partial charge in [0, 0.05) is 20.1 Å². The van der Waals surface area contributed by atoms with Gasteiger partial charge in [-0.1, -0.05) is 0 Å². The second-order valence-corrected chi connectivity index (χ2v) is 2.15. The molecule has 0 aliphatic heterocycles. The SMILES string of the molecule is CCN(C)C(=O)NCCC#N. The van der Waals surface area contributed by atoms with Gasteiger partial charge in [0.05, 0.1) is 12.5 Å². The van der Waals surface area contributed by atoms with E-state index in [1.54, 1.807) is 11.9 Å². The van der Waals surface area contributed by atoms with Gasteiger partial charge in [-0.25, -0.2) is 4.79 Å². The standard InChI is InChI=1S/C7H13N3O/c1-3-10(2)7(11)9-6-4-5-8/h3-4,6H2,1-2H3,(H,9,11). The van der Waals surface area contributed by atoms with E-state index < -0.39 is 0 Å². The Morgan fingerprint density at radius 1 is 1.73 bits per heavy atom. The van der Waals surface area contributed by atoms with E-state index >= 15 is 0 Å². The van der Waals surface area contributed by atoms with Crippen LogP contribution in [0.1, 0.15) is 13.3 Å². The molecule has 0 spiro atoms. The molecule has 0 aromatic rings.